The fourth-order valence-electron chi connectivity index (χ4n) is 1.85. The number of carbonyl (C=O) groups excluding carboxylic acids is 2. The summed E-state index contributed by atoms with van der Waals surface area (Å²) >= 11 is 1.70. The smallest absolute Gasteiger partial charge is 0.411 e. The van der Waals surface area contributed by atoms with E-state index in [-0.39, 0.29) is 6.04 Å². The molecule has 1 heterocycles. The SMILES string of the molecule is COC(=O)Nc1ccc(C2=NC(CCC=O)CS2)cc1. The normalized spacial score (nSPS) is 17.4. The van der Waals surface area contributed by atoms with Crippen molar-refractivity contribution >= 4 is 34.9 Å². The molecule has 0 aliphatic carbocycles. The number of nitrogens with zero attached hydrogens (tertiary/aromatic N) is 1. The highest BCUT2D eigenvalue weighted by Gasteiger charge is 2.18. The van der Waals surface area contributed by atoms with Crippen LogP contribution in [0.2, 0.25) is 0 Å². The van der Waals surface area contributed by atoms with Crippen LogP contribution in [0.3, 0.4) is 0 Å². The Balaban J connectivity index is 1.99. The Hall–Kier alpha value is -1.82. The highest BCUT2D eigenvalue weighted by molar-refractivity contribution is 8.14. The Labute approximate surface area is 121 Å². The van der Waals surface area contributed by atoms with Gasteiger partial charge in [-0.1, -0.05) is 12.1 Å². The van der Waals surface area contributed by atoms with E-state index in [9.17, 15) is 9.59 Å². The zero-order chi connectivity index (χ0) is 14.4. The van der Waals surface area contributed by atoms with Crippen LogP contribution < -0.4 is 5.32 Å². The van der Waals surface area contributed by atoms with Crippen LogP contribution in [0, 0.1) is 0 Å². The van der Waals surface area contributed by atoms with E-state index >= 15 is 0 Å². The fraction of sp³-hybridized carbons (Fsp3) is 0.357. The van der Waals surface area contributed by atoms with Gasteiger partial charge in [-0.3, -0.25) is 10.3 Å². The molecule has 2 rings (SSSR count). The van der Waals surface area contributed by atoms with Crippen molar-refractivity contribution in [3.63, 3.8) is 0 Å². The average Bonchev–Trinajstić information content (AvgIpc) is 2.94. The molecule has 0 saturated carbocycles. The number of rotatable bonds is 5. The van der Waals surface area contributed by atoms with Gasteiger partial charge in [-0.2, -0.15) is 0 Å². The van der Waals surface area contributed by atoms with Gasteiger partial charge in [0.1, 0.15) is 6.29 Å². The van der Waals surface area contributed by atoms with Crippen LogP contribution in [0.5, 0.6) is 0 Å². The molecule has 1 unspecified atom stereocenters. The minimum Gasteiger partial charge on any atom is -0.453 e. The molecule has 1 aliphatic rings. The summed E-state index contributed by atoms with van der Waals surface area (Å²) in [5.74, 6) is 0.922. The maximum absolute atomic E-state index is 11.1. The number of benzene rings is 1. The van der Waals surface area contributed by atoms with E-state index in [1.165, 1.54) is 7.11 Å². The third-order valence-corrected chi connectivity index (χ3v) is 4.06. The Kier molecular flexibility index (Phi) is 5.17. The molecule has 20 heavy (non-hydrogen) atoms. The van der Waals surface area contributed by atoms with Crippen molar-refractivity contribution in [2.75, 3.05) is 18.2 Å². The number of carbonyl (C=O) groups is 2. The molecule has 1 atom stereocenters. The monoisotopic (exact) mass is 292 g/mol. The molecule has 0 aromatic heterocycles. The van der Waals surface area contributed by atoms with Gasteiger partial charge in [-0.15, -0.1) is 11.8 Å². The van der Waals surface area contributed by atoms with Crippen LogP contribution in [-0.4, -0.2) is 36.3 Å². The van der Waals surface area contributed by atoms with Crippen LogP contribution in [0.1, 0.15) is 18.4 Å². The maximum Gasteiger partial charge on any atom is 0.411 e. The van der Waals surface area contributed by atoms with Crippen LogP contribution in [0.4, 0.5) is 10.5 Å². The molecule has 1 aliphatic heterocycles. The summed E-state index contributed by atoms with van der Waals surface area (Å²) in [6.45, 7) is 0. The van der Waals surface area contributed by atoms with Crippen LogP contribution in [-0.2, 0) is 9.53 Å². The van der Waals surface area contributed by atoms with Crippen molar-refractivity contribution in [3.8, 4) is 0 Å². The van der Waals surface area contributed by atoms with Gasteiger partial charge in [0.25, 0.3) is 0 Å². The Morgan fingerprint density at radius 1 is 1.50 bits per heavy atom. The third kappa shape index (κ3) is 3.84. The van der Waals surface area contributed by atoms with E-state index in [4.69, 9.17) is 0 Å². The van der Waals surface area contributed by atoms with E-state index < -0.39 is 6.09 Å². The number of thioether (sulfide) groups is 1. The molecule has 1 amide bonds. The second kappa shape index (κ2) is 7.09. The lowest BCUT2D eigenvalue weighted by atomic mass is 10.2. The molecule has 0 radical (unpaired) electrons. The van der Waals surface area contributed by atoms with E-state index in [2.05, 4.69) is 15.0 Å². The van der Waals surface area contributed by atoms with E-state index in [1.807, 2.05) is 24.3 Å². The van der Waals surface area contributed by atoms with Gasteiger partial charge in [0, 0.05) is 23.4 Å². The van der Waals surface area contributed by atoms with Gasteiger partial charge in [0.15, 0.2) is 0 Å². The summed E-state index contributed by atoms with van der Waals surface area (Å²) in [4.78, 5) is 26.1. The number of anilines is 1. The lowest BCUT2D eigenvalue weighted by Gasteiger charge is -2.05. The summed E-state index contributed by atoms with van der Waals surface area (Å²) in [6.07, 6.45) is 1.82. The topological polar surface area (TPSA) is 67.8 Å². The Morgan fingerprint density at radius 3 is 2.90 bits per heavy atom. The van der Waals surface area contributed by atoms with Gasteiger partial charge < -0.3 is 9.53 Å². The lowest BCUT2D eigenvalue weighted by molar-refractivity contribution is -0.107. The second-order valence-corrected chi connectivity index (χ2v) is 5.35. The molecule has 0 saturated heterocycles. The molecule has 0 spiro atoms. The summed E-state index contributed by atoms with van der Waals surface area (Å²) in [7, 11) is 1.33. The van der Waals surface area contributed by atoms with E-state index in [1.54, 1.807) is 11.8 Å². The first-order valence-corrected chi connectivity index (χ1v) is 7.31. The number of hydrogen-bond donors (Lipinski definition) is 1. The quantitative estimate of drug-likeness (QED) is 0.847. The number of ether oxygens (including phenoxy) is 1. The van der Waals surface area contributed by atoms with Crippen LogP contribution >= 0.6 is 11.8 Å². The van der Waals surface area contributed by atoms with Gasteiger partial charge in [-0.25, -0.2) is 4.79 Å². The first kappa shape index (κ1) is 14.6. The molecule has 5 nitrogen and oxygen atoms in total. The highest BCUT2D eigenvalue weighted by Crippen LogP contribution is 2.26. The molecule has 1 N–H and O–H groups in total. The van der Waals surface area contributed by atoms with Crippen molar-refractivity contribution in [2.24, 2.45) is 4.99 Å². The molecule has 1 aromatic carbocycles. The zero-order valence-corrected chi connectivity index (χ0v) is 12.0. The Morgan fingerprint density at radius 2 is 2.25 bits per heavy atom. The first-order valence-electron chi connectivity index (χ1n) is 6.32. The first-order chi connectivity index (χ1) is 9.72. The largest absolute Gasteiger partial charge is 0.453 e. The highest BCUT2D eigenvalue weighted by atomic mass is 32.2. The minimum atomic E-state index is -0.487. The molecule has 106 valence electrons. The molecule has 6 heteroatoms. The van der Waals surface area contributed by atoms with E-state index in [0.29, 0.717) is 12.1 Å². The van der Waals surface area contributed by atoms with Gasteiger partial charge in [0.2, 0.25) is 0 Å². The van der Waals surface area contributed by atoms with Crippen molar-refractivity contribution in [1.82, 2.24) is 0 Å². The minimum absolute atomic E-state index is 0.230. The molecule has 0 fully saturated rings. The van der Waals surface area contributed by atoms with Gasteiger partial charge in [0.05, 0.1) is 18.2 Å². The van der Waals surface area contributed by atoms with Gasteiger partial charge >= 0.3 is 6.09 Å². The number of aliphatic imine (C=N–C) groups is 1. The second-order valence-electron chi connectivity index (χ2n) is 4.34. The molecule has 0 bridgehead atoms. The number of amides is 1. The number of methoxy groups -OCH3 is 1. The zero-order valence-electron chi connectivity index (χ0n) is 11.2. The predicted molar refractivity (Wildman–Crippen MR) is 80.6 cm³/mol. The molecule has 1 aromatic rings. The fourth-order valence-corrected chi connectivity index (χ4v) is 2.96. The number of nitrogens with one attached hydrogen (secondary N) is 1. The van der Waals surface area contributed by atoms with E-state index in [0.717, 1.165) is 29.1 Å². The summed E-state index contributed by atoms with van der Waals surface area (Å²) < 4.78 is 4.53. The Bertz CT molecular complexity index is 514. The summed E-state index contributed by atoms with van der Waals surface area (Å²) in [6, 6.07) is 7.69. The summed E-state index contributed by atoms with van der Waals surface area (Å²) in [5, 5.41) is 3.59. The molecular weight excluding hydrogens is 276 g/mol. The van der Waals surface area contributed by atoms with Crippen molar-refractivity contribution < 1.29 is 14.3 Å². The van der Waals surface area contributed by atoms with Crippen LogP contribution in [0.15, 0.2) is 29.3 Å². The molecular formula is C14H16N2O3S. The average molecular weight is 292 g/mol. The number of hydrogen-bond acceptors (Lipinski definition) is 5. The standard InChI is InChI=1S/C14H16N2O3S/c1-19-14(18)16-11-6-4-10(5-7-11)13-15-12(9-20-13)3-2-8-17/h4-8,12H,2-3,9H2,1H3,(H,16,18). The van der Waals surface area contributed by atoms with Crippen molar-refractivity contribution in [2.45, 2.75) is 18.9 Å². The van der Waals surface area contributed by atoms with Crippen LogP contribution in [0.25, 0.3) is 0 Å². The predicted octanol–water partition coefficient (Wildman–Crippen LogP) is 2.71. The lowest BCUT2D eigenvalue weighted by Crippen LogP contribution is -2.10. The summed E-state index contributed by atoms with van der Waals surface area (Å²) in [5.41, 5.74) is 1.71. The van der Waals surface area contributed by atoms with Crippen molar-refractivity contribution in [1.29, 1.82) is 0 Å². The van der Waals surface area contributed by atoms with Gasteiger partial charge in [-0.05, 0) is 18.6 Å². The number of aldehydes is 1. The maximum atomic E-state index is 11.1. The third-order valence-electron chi connectivity index (χ3n) is 2.89. The van der Waals surface area contributed by atoms with Crippen molar-refractivity contribution in [3.05, 3.63) is 29.8 Å².